The third kappa shape index (κ3) is 6.15. The van der Waals surface area contributed by atoms with Crippen molar-refractivity contribution in [1.29, 1.82) is 0 Å². The summed E-state index contributed by atoms with van der Waals surface area (Å²) in [6.07, 6.45) is 2.41. The highest BCUT2D eigenvalue weighted by Gasteiger charge is 2.18. The fourth-order valence-corrected chi connectivity index (χ4v) is 2.98. The monoisotopic (exact) mass is 235 g/mol. The molecular weight excluding hydrogens is 210 g/mol. The Morgan fingerprint density at radius 2 is 1.80 bits per heavy atom. The molecule has 0 aromatic carbocycles. The average Bonchev–Trinajstić information content (AvgIpc) is 2.16. The summed E-state index contributed by atoms with van der Waals surface area (Å²) >= 11 is 0. The summed E-state index contributed by atoms with van der Waals surface area (Å²) < 4.78 is 23.4. The molecule has 0 aliphatic rings. The fourth-order valence-electron chi connectivity index (χ4n) is 1.50. The summed E-state index contributed by atoms with van der Waals surface area (Å²) in [6.45, 7) is 8.82. The van der Waals surface area contributed by atoms with Crippen molar-refractivity contribution in [3.63, 3.8) is 0 Å². The van der Waals surface area contributed by atoms with E-state index in [-0.39, 0.29) is 5.25 Å². The highest BCUT2D eigenvalue weighted by molar-refractivity contribution is 7.91. The summed E-state index contributed by atoms with van der Waals surface area (Å²) in [5.74, 6) is 0.331. The Morgan fingerprint density at radius 3 is 2.27 bits per heavy atom. The van der Waals surface area contributed by atoms with Crippen LogP contribution in [0.5, 0.6) is 0 Å². The van der Waals surface area contributed by atoms with Crippen LogP contribution >= 0.6 is 0 Å². The van der Waals surface area contributed by atoms with E-state index >= 15 is 0 Å². The van der Waals surface area contributed by atoms with Gasteiger partial charge in [-0.15, -0.1) is 0 Å². The zero-order chi connectivity index (χ0) is 11.9. The number of sulfone groups is 1. The van der Waals surface area contributed by atoms with E-state index in [2.05, 4.69) is 19.2 Å². The van der Waals surface area contributed by atoms with E-state index in [1.54, 1.807) is 6.92 Å². The third-order valence-corrected chi connectivity index (χ3v) is 5.22. The Kier molecular flexibility index (Phi) is 7.18. The zero-order valence-corrected chi connectivity index (χ0v) is 11.2. The van der Waals surface area contributed by atoms with Gasteiger partial charge in [-0.3, -0.25) is 0 Å². The predicted octanol–water partition coefficient (Wildman–Crippen LogP) is 1.98. The van der Waals surface area contributed by atoms with Crippen LogP contribution < -0.4 is 5.32 Å². The molecule has 1 N–H and O–H groups in total. The Balaban J connectivity index is 3.85. The van der Waals surface area contributed by atoms with Crippen LogP contribution in [0, 0.1) is 0 Å². The minimum atomic E-state index is -2.85. The quantitative estimate of drug-likeness (QED) is 0.700. The Hall–Kier alpha value is -0.0900. The molecule has 2 unspecified atom stereocenters. The molecule has 0 rings (SSSR count). The summed E-state index contributed by atoms with van der Waals surface area (Å²) in [4.78, 5) is 0. The van der Waals surface area contributed by atoms with Gasteiger partial charge in [-0.1, -0.05) is 13.8 Å². The SMILES string of the molecule is CCNC(C)CCCS(=O)(=O)C(C)CC. The molecule has 0 saturated heterocycles. The molecule has 2 atom stereocenters. The molecule has 0 aromatic rings. The van der Waals surface area contributed by atoms with E-state index in [0.717, 1.165) is 19.4 Å². The number of hydrogen-bond donors (Lipinski definition) is 1. The van der Waals surface area contributed by atoms with Crippen LogP contribution in [0.15, 0.2) is 0 Å². The second-order valence-electron chi connectivity index (χ2n) is 4.19. The van der Waals surface area contributed by atoms with Crippen molar-refractivity contribution in [3.8, 4) is 0 Å². The van der Waals surface area contributed by atoms with Gasteiger partial charge in [0, 0.05) is 6.04 Å². The van der Waals surface area contributed by atoms with Crippen molar-refractivity contribution < 1.29 is 8.42 Å². The molecule has 0 aromatic heterocycles. The number of hydrogen-bond acceptors (Lipinski definition) is 3. The van der Waals surface area contributed by atoms with Gasteiger partial charge >= 0.3 is 0 Å². The molecule has 0 aliphatic carbocycles. The maximum atomic E-state index is 11.7. The fraction of sp³-hybridized carbons (Fsp3) is 1.00. The summed E-state index contributed by atoms with van der Waals surface area (Å²) in [6, 6.07) is 0.419. The second-order valence-corrected chi connectivity index (χ2v) is 6.73. The number of rotatable bonds is 8. The Labute approximate surface area is 94.6 Å². The lowest BCUT2D eigenvalue weighted by Crippen LogP contribution is -2.27. The van der Waals surface area contributed by atoms with E-state index in [9.17, 15) is 8.42 Å². The van der Waals surface area contributed by atoms with Crippen LogP contribution in [-0.2, 0) is 9.84 Å². The summed E-state index contributed by atoms with van der Waals surface area (Å²) in [5.41, 5.74) is 0. The first-order valence-corrected chi connectivity index (χ1v) is 7.60. The highest BCUT2D eigenvalue weighted by atomic mass is 32.2. The van der Waals surface area contributed by atoms with Gasteiger partial charge in [0.15, 0.2) is 9.84 Å². The van der Waals surface area contributed by atoms with Crippen LogP contribution in [0.2, 0.25) is 0 Å². The summed E-state index contributed by atoms with van der Waals surface area (Å²) in [5, 5.41) is 3.09. The van der Waals surface area contributed by atoms with Gasteiger partial charge in [-0.2, -0.15) is 0 Å². The molecule has 3 nitrogen and oxygen atoms in total. The first-order chi connectivity index (χ1) is 6.94. The molecule has 0 saturated carbocycles. The molecule has 0 heterocycles. The van der Waals surface area contributed by atoms with E-state index in [4.69, 9.17) is 0 Å². The molecule has 0 fully saturated rings. The Morgan fingerprint density at radius 1 is 1.20 bits per heavy atom. The van der Waals surface area contributed by atoms with Crippen LogP contribution in [0.4, 0.5) is 0 Å². The molecule has 15 heavy (non-hydrogen) atoms. The Bertz CT molecular complexity index is 249. The third-order valence-electron chi connectivity index (χ3n) is 2.81. The van der Waals surface area contributed by atoms with Crippen molar-refractivity contribution in [2.45, 2.75) is 58.2 Å². The lowest BCUT2D eigenvalue weighted by Gasteiger charge is -2.13. The van der Waals surface area contributed by atoms with E-state index in [1.807, 2.05) is 6.92 Å². The molecule has 0 spiro atoms. The maximum absolute atomic E-state index is 11.7. The van der Waals surface area contributed by atoms with Gasteiger partial charge in [0.2, 0.25) is 0 Å². The molecule has 0 aliphatic heterocycles. The zero-order valence-electron chi connectivity index (χ0n) is 10.4. The normalized spacial score (nSPS) is 16.3. The minimum absolute atomic E-state index is 0.188. The first kappa shape index (κ1) is 14.9. The standard InChI is InChI=1S/C11H25NO2S/c1-5-11(4)15(13,14)9-7-8-10(3)12-6-2/h10-12H,5-9H2,1-4H3. The second kappa shape index (κ2) is 7.23. The van der Waals surface area contributed by atoms with Crippen LogP contribution in [0.1, 0.15) is 47.0 Å². The van der Waals surface area contributed by atoms with Crippen molar-refractivity contribution in [2.24, 2.45) is 0 Å². The van der Waals surface area contributed by atoms with Crippen LogP contribution in [0.25, 0.3) is 0 Å². The minimum Gasteiger partial charge on any atom is -0.315 e. The van der Waals surface area contributed by atoms with Crippen LogP contribution in [0.3, 0.4) is 0 Å². The van der Waals surface area contributed by atoms with E-state index < -0.39 is 9.84 Å². The van der Waals surface area contributed by atoms with E-state index in [0.29, 0.717) is 18.2 Å². The maximum Gasteiger partial charge on any atom is 0.152 e. The molecular formula is C11H25NO2S. The van der Waals surface area contributed by atoms with Gasteiger partial charge in [0.1, 0.15) is 0 Å². The molecule has 0 amide bonds. The molecule has 0 bridgehead atoms. The average molecular weight is 235 g/mol. The van der Waals surface area contributed by atoms with Crippen LogP contribution in [-0.4, -0.2) is 32.0 Å². The van der Waals surface area contributed by atoms with Crippen molar-refractivity contribution in [1.82, 2.24) is 5.32 Å². The van der Waals surface area contributed by atoms with Crippen molar-refractivity contribution >= 4 is 9.84 Å². The van der Waals surface area contributed by atoms with Crippen molar-refractivity contribution in [3.05, 3.63) is 0 Å². The summed E-state index contributed by atoms with van der Waals surface area (Å²) in [7, 11) is -2.85. The van der Waals surface area contributed by atoms with Gasteiger partial charge in [0.05, 0.1) is 11.0 Å². The highest BCUT2D eigenvalue weighted by Crippen LogP contribution is 2.09. The molecule has 0 radical (unpaired) electrons. The van der Waals surface area contributed by atoms with Gasteiger partial charge in [-0.05, 0) is 39.7 Å². The molecule has 92 valence electrons. The van der Waals surface area contributed by atoms with Crippen molar-refractivity contribution in [2.75, 3.05) is 12.3 Å². The largest absolute Gasteiger partial charge is 0.315 e. The lowest BCUT2D eigenvalue weighted by atomic mass is 10.2. The molecule has 4 heteroatoms. The van der Waals surface area contributed by atoms with Gasteiger partial charge < -0.3 is 5.32 Å². The lowest BCUT2D eigenvalue weighted by molar-refractivity contribution is 0.519. The smallest absolute Gasteiger partial charge is 0.152 e. The predicted molar refractivity (Wildman–Crippen MR) is 65.9 cm³/mol. The van der Waals surface area contributed by atoms with Gasteiger partial charge in [0.25, 0.3) is 0 Å². The first-order valence-electron chi connectivity index (χ1n) is 5.89. The van der Waals surface area contributed by atoms with Gasteiger partial charge in [-0.25, -0.2) is 8.42 Å². The topological polar surface area (TPSA) is 46.2 Å². The number of nitrogens with one attached hydrogen (secondary N) is 1. The van der Waals surface area contributed by atoms with E-state index in [1.165, 1.54) is 0 Å².